The van der Waals surface area contributed by atoms with Crippen LogP contribution in [0.25, 0.3) is 0 Å². The molecular formula is C22H33BN2O4. The Morgan fingerprint density at radius 1 is 1.14 bits per heavy atom. The summed E-state index contributed by atoms with van der Waals surface area (Å²) in [7, 11) is 4.84. The molecule has 0 aromatic heterocycles. The number of ketones is 1. The number of fused-ring (bicyclic) bond motifs is 1. The van der Waals surface area contributed by atoms with Gasteiger partial charge in [0.15, 0.2) is 5.78 Å². The summed E-state index contributed by atoms with van der Waals surface area (Å²) in [6, 6.07) is 5.42. The number of benzene rings is 1. The molecule has 3 rings (SSSR count). The normalized spacial score (nSPS) is 24.1. The van der Waals surface area contributed by atoms with Crippen molar-refractivity contribution >= 4 is 18.8 Å². The molecule has 1 amide bonds. The number of hydrogen-bond acceptors (Lipinski definition) is 5. The van der Waals surface area contributed by atoms with E-state index < -0.39 is 13.1 Å². The van der Waals surface area contributed by atoms with Gasteiger partial charge in [-0.25, -0.2) is 0 Å². The standard InChI is InChI=1S/C22H33BN2O4/c1-15(26)19-7-5-6-18-13-20(23(28)29-22(18)19)25(4)21(27)12-16-8-10-17(11-9-16)14-24(2)3/h5-7,16-17,20,28H,8-14H2,1-4H3/t16-,17-,20-/m0/s1. The summed E-state index contributed by atoms with van der Waals surface area (Å²) in [6.45, 7) is 2.61. The highest BCUT2D eigenvalue weighted by atomic mass is 16.5. The number of hydrogen-bond donors (Lipinski definition) is 1. The predicted molar refractivity (Wildman–Crippen MR) is 114 cm³/mol. The first kappa shape index (κ1) is 21.8. The maximum absolute atomic E-state index is 12.9. The SMILES string of the molecule is CC(=O)c1cccc2c1OB(O)[C@@H](N(C)C(=O)C[C@H]1CC[C@H](CN(C)C)CC1)C2. The van der Waals surface area contributed by atoms with E-state index in [9.17, 15) is 14.6 Å². The van der Waals surface area contributed by atoms with Crippen LogP contribution in [0, 0.1) is 11.8 Å². The van der Waals surface area contributed by atoms with Gasteiger partial charge in [-0.15, -0.1) is 0 Å². The molecule has 1 aliphatic carbocycles. The molecule has 0 bridgehead atoms. The van der Waals surface area contributed by atoms with E-state index in [0.29, 0.717) is 30.1 Å². The molecule has 6 nitrogen and oxygen atoms in total. The molecule has 1 aromatic carbocycles. The first-order chi connectivity index (χ1) is 13.8. The molecular weight excluding hydrogens is 367 g/mol. The Morgan fingerprint density at radius 3 is 2.41 bits per heavy atom. The minimum Gasteiger partial charge on any atom is -0.534 e. The maximum atomic E-state index is 12.9. The number of para-hydroxylation sites is 1. The van der Waals surface area contributed by atoms with Crippen LogP contribution in [0.1, 0.15) is 54.9 Å². The Morgan fingerprint density at radius 2 is 1.79 bits per heavy atom. The van der Waals surface area contributed by atoms with Crippen LogP contribution in [-0.2, 0) is 11.2 Å². The fourth-order valence-electron chi connectivity index (χ4n) is 4.73. The second-order valence-electron chi connectivity index (χ2n) is 8.99. The molecule has 158 valence electrons. The molecule has 7 heteroatoms. The zero-order chi connectivity index (χ0) is 21.1. The second kappa shape index (κ2) is 9.31. The maximum Gasteiger partial charge on any atom is 0.547 e. The molecule has 29 heavy (non-hydrogen) atoms. The average Bonchev–Trinajstić information content (AvgIpc) is 2.67. The lowest BCUT2D eigenvalue weighted by molar-refractivity contribution is -0.132. The second-order valence-corrected chi connectivity index (χ2v) is 8.99. The van der Waals surface area contributed by atoms with Crippen LogP contribution in [0.2, 0.25) is 0 Å². The lowest BCUT2D eigenvalue weighted by atomic mass is 9.71. The molecule has 0 saturated heterocycles. The molecule has 1 aromatic rings. The van der Waals surface area contributed by atoms with Crippen LogP contribution in [0.5, 0.6) is 5.75 Å². The largest absolute Gasteiger partial charge is 0.547 e. The van der Waals surface area contributed by atoms with Crippen molar-refractivity contribution < 1.29 is 19.3 Å². The van der Waals surface area contributed by atoms with E-state index in [4.69, 9.17) is 4.65 Å². The molecule has 1 saturated carbocycles. The molecule has 1 atom stereocenters. The average molecular weight is 400 g/mol. The first-order valence-corrected chi connectivity index (χ1v) is 10.6. The van der Waals surface area contributed by atoms with Crippen LogP contribution in [0.3, 0.4) is 0 Å². The Hall–Kier alpha value is -1.86. The quantitative estimate of drug-likeness (QED) is 0.587. The fraction of sp³-hybridized carbons (Fsp3) is 0.636. The molecule has 1 fully saturated rings. The van der Waals surface area contributed by atoms with Gasteiger partial charge in [-0.2, -0.15) is 0 Å². The Labute approximate surface area is 174 Å². The van der Waals surface area contributed by atoms with Crippen molar-refractivity contribution in [1.82, 2.24) is 9.80 Å². The van der Waals surface area contributed by atoms with Crippen molar-refractivity contribution in [2.75, 3.05) is 27.7 Å². The third-order valence-corrected chi connectivity index (χ3v) is 6.42. The molecule has 0 unspecified atom stereocenters. The molecule has 1 N–H and O–H groups in total. The van der Waals surface area contributed by atoms with Crippen LogP contribution in [0.4, 0.5) is 0 Å². The van der Waals surface area contributed by atoms with Gasteiger partial charge in [0.1, 0.15) is 5.75 Å². The van der Waals surface area contributed by atoms with Crippen molar-refractivity contribution in [1.29, 1.82) is 0 Å². The van der Waals surface area contributed by atoms with E-state index in [0.717, 1.165) is 30.9 Å². The number of Topliss-reactive ketones (excluding diaryl/α,β-unsaturated/α-hetero) is 1. The third-order valence-electron chi connectivity index (χ3n) is 6.42. The first-order valence-electron chi connectivity index (χ1n) is 10.6. The number of carbonyl (C=O) groups excluding carboxylic acids is 2. The van der Waals surface area contributed by atoms with Crippen molar-refractivity contribution in [3.8, 4) is 5.75 Å². The zero-order valence-electron chi connectivity index (χ0n) is 18.1. The number of amides is 1. The third kappa shape index (κ3) is 5.20. The van der Waals surface area contributed by atoms with Crippen molar-refractivity contribution in [2.24, 2.45) is 11.8 Å². The number of nitrogens with zero attached hydrogens (tertiary/aromatic N) is 2. The highest BCUT2D eigenvalue weighted by Gasteiger charge is 2.40. The molecule has 2 aliphatic rings. The van der Waals surface area contributed by atoms with E-state index >= 15 is 0 Å². The van der Waals surface area contributed by atoms with E-state index in [1.807, 2.05) is 12.1 Å². The van der Waals surface area contributed by atoms with Crippen molar-refractivity contribution in [3.05, 3.63) is 29.3 Å². The van der Waals surface area contributed by atoms with Gasteiger partial charge in [0.05, 0.1) is 11.5 Å². The molecule has 0 spiro atoms. The highest BCUT2D eigenvalue weighted by Crippen LogP contribution is 2.34. The van der Waals surface area contributed by atoms with Gasteiger partial charge in [0.25, 0.3) is 0 Å². The molecule has 1 aliphatic heterocycles. The van der Waals surface area contributed by atoms with Crippen molar-refractivity contribution in [3.63, 3.8) is 0 Å². The number of likely N-dealkylation sites (N-methyl/N-ethyl adjacent to an activating group) is 1. The summed E-state index contributed by atoms with van der Waals surface area (Å²) in [4.78, 5) is 28.6. The summed E-state index contributed by atoms with van der Waals surface area (Å²) in [6.07, 6.45) is 5.54. The van der Waals surface area contributed by atoms with Gasteiger partial charge in [-0.1, -0.05) is 12.1 Å². The summed E-state index contributed by atoms with van der Waals surface area (Å²) < 4.78 is 5.69. The summed E-state index contributed by atoms with van der Waals surface area (Å²) in [5.41, 5.74) is 1.33. The Kier molecular flexibility index (Phi) is 7.01. The summed E-state index contributed by atoms with van der Waals surface area (Å²) in [5.74, 6) is 1.11. The Balaban J connectivity index is 1.59. The van der Waals surface area contributed by atoms with E-state index in [2.05, 4.69) is 19.0 Å². The van der Waals surface area contributed by atoms with E-state index in [1.165, 1.54) is 19.8 Å². The minimum atomic E-state index is -1.13. The number of rotatable bonds is 6. The van der Waals surface area contributed by atoms with Crippen LogP contribution < -0.4 is 4.65 Å². The van der Waals surface area contributed by atoms with Gasteiger partial charge in [-0.3, -0.25) is 9.59 Å². The van der Waals surface area contributed by atoms with Gasteiger partial charge in [0, 0.05) is 20.0 Å². The van der Waals surface area contributed by atoms with E-state index in [-0.39, 0.29) is 11.7 Å². The van der Waals surface area contributed by atoms with E-state index in [1.54, 1.807) is 18.0 Å². The zero-order valence-corrected chi connectivity index (χ0v) is 18.1. The number of carbonyl (C=O) groups is 2. The highest BCUT2D eigenvalue weighted by molar-refractivity contribution is 6.47. The molecule has 1 heterocycles. The van der Waals surface area contributed by atoms with Crippen LogP contribution >= 0.6 is 0 Å². The topological polar surface area (TPSA) is 70.1 Å². The Bertz CT molecular complexity index is 746. The lowest BCUT2D eigenvalue weighted by Crippen LogP contribution is -2.54. The smallest absolute Gasteiger partial charge is 0.534 e. The fourth-order valence-corrected chi connectivity index (χ4v) is 4.73. The van der Waals surface area contributed by atoms with Gasteiger partial charge in [0.2, 0.25) is 5.91 Å². The van der Waals surface area contributed by atoms with Gasteiger partial charge >= 0.3 is 7.12 Å². The van der Waals surface area contributed by atoms with Crippen LogP contribution in [-0.4, -0.2) is 67.3 Å². The summed E-state index contributed by atoms with van der Waals surface area (Å²) >= 11 is 0. The van der Waals surface area contributed by atoms with Gasteiger partial charge < -0.3 is 19.5 Å². The van der Waals surface area contributed by atoms with Gasteiger partial charge in [-0.05, 0) is 76.6 Å². The monoisotopic (exact) mass is 400 g/mol. The predicted octanol–water partition coefficient (Wildman–Crippen LogP) is 2.43. The van der Waals surface area contributed by atoms with Crippen LogP contribution in [0.15, 0.2) is 18.2 Å². The van der Waals surface area contributed by atoms with Crippen molar-refractivity contribution in [2.45, 2.75) is 51.4 Å². The minimum absolute atomic E-state index is 0.0554. The molecule has 0 radical (unpaired) electrons. The summed E-state index contributed by atoms with van der Waals surface area (Å²) in [5, 5.41) is 10.5. The lowest BCUT2D eigenvalue weighted by Gasteiger charge is -2.36.